The summed E-state index contributed by atoms with van der Waals surface area (Å²) in [6, 6.07) is 15.1. The van der Waals surface area contributed by atoms with Crippen LogP contribution in [-0.4, -0.2) is 37.7 Å². The SMILES string of the molecule is C#Cc1ccc2c(c1)[nH]c1c2c(=O)c2cc(OCCCC)c(-c3cccc(S(=O)(=O)F)c3)cc2n1C1CCNCC1. The third-order valence-corrected chi connectivity index (χ3v) is 8.69. The number of H-pyrrole nitrogens is 1. The number of hydrogen-bond donors (Lipinski definition) is 2. The molecule has 0 saturated carbocycles. The molecule has 9 heteroatoms. The fraction of sp³-hybridized carbons (Fsp3) is 0.281. The molecular formula is C32H30FN3O4S. The maximum Gasteiger partial charge on any atom is 0.332 e. The van der Waals surface area contributed by atoms with Crippen molar-refractivity contribution in [2.75, 3.05) is 19.7 Å². The van der Waals surface area contributed by atoms with Gasteiger partial charge in [0.2, 0.25) is 0 Å². The van der Waals surface area contributed by atoms with Crippen LogP contribution in [0.2, 0.25) is 0 Å². The molecular weight excluding hydrogens is 541 g/mol. The van der Waals surface area contributed by atoms with Crippen LogP contribution < -0.4 is 15.5 Å². The molecule has 210 valence electrons. The number of nitrogens with zero attached hydrogens (tertiary/aromatic N) is 1. The lowest BCUT2D eigenvalue weighted by atomic mass is 9.99. The van der Waals surface area contributed by atoms with Gasteiger partial charge in [-0.25, -0.2) is 0 Å². The highest BCUT2D eigenvalue weighted by atomic mass is 32.3. The Bertz CT molecular complexity index is 2020. The molecule has 1 aliphatic heterocycles. The van der Waals surface area contributed by atoms with E-state index in [0.29, 0.717) is 51.0 Å². The number of hydrogen-bond acceptors (Lipinski definition) is 5. The normalized spacial score (nSPS) is 14.6. The fourth-order valence-corrected chi connectivity index (χ4v) is 6.33. The number of fused-ring (bicyclic) bond motifs is 4. The van der Waals surface area contributed by atoms with Crippen molar-refractivity contribution in [3.63, 3.8) is 0 Å². The van der Waals surface area contributed by atoms with Crippen molar-refractivity contribution in [2.24, 2.45) is 0 Å². The van der Waals surface area contributed by atoms with Gasteiger partial charge in [-0.05, 0) is 74.3 Å². The summed E-state index contributed by atoms with van der Waals surface area (Å²) >= 11 is 0. The number of nitrogens with one attached hydrogen (secondary N) is 2. The molecule has 7 nitrogen and oxygen atoms in total. The van der Waals surface area contributed by atoms with Crippen LogP contribution >= 0.6 is 0 Å². The van der Waals surface area contributed by atoms with Gasteiger partial charge >= 0.3 is 10.2 Å². The van der Waals surface area contributed by atoms with E-state index in [4.69, 9.17) is 11.2 Å². The number of aromatic amines is 1. The Hall–Kier alpha value is -4.13. The molecule has 0 aliphatic carbocycles. The molecule has 0 bridgehead atoms. The van der Waals surface area contributed by atoms with E-state index < -0.39 is 15.1 Å². The maximum atomic E-state index is 14.2. The molecule has 2 aromatic heterocycles. The van der Waals surface area contributed by atoms with Crippen LogP contribution in [0.4, 0.5) is 3.89 Å². The summed E-state index contributed by atoms with van der Waals surface area (Å²) in [4.78, 5) is 17.3. The highest BCUT2D eigenvalue weighted by molar-refractivity contribution is 7.86. The summed E-state index contributed by atoms with van der Waals surface area (Å²) in [5.41, 5.74) is 3.85. The predicted molar refractivity (Wildman–Crippen MR) is 161 cm³/mol. The summed E-state index contributed by atoms with van der Waals surface area (Å²) < 4.78 is 45.8. The first-order chi connectivity index (χ1) is 19.8. The van der Waals surface area contributed by atoms with Crippen molar-refractivity contribution in [3.05, 3.63) is 70.4 Å². The zero-order chi connectivity index (χ0) is 28.7. The van der Waals surface area contributed by atoms with Crippen LogP contribution in [0.5, 0.6) is 5.75 Å². The first kappa shape index (κ1) is 27.1. The monoisotopic (exact) mass is 571 g/mol. The molecule has 1 saturated heterocycles. The number of piperidine rings is 1. The van der Waals surface area contributed by atoms with Crippen LogP contribution in [0.1, 0.15) is 44.2 Å². The molecule has 2 N–H and O–H groups in total. The Labute approximate surface area is 237 Å². The number of unbranched alkanes of at least 4 members (excludes halogenated alkanes) is 1. The van der Waals surface area contributed by atoms with Gasteiger partial charge < -0.3 is 19.6 Å². The van der Waals surface area contributed by atoms with Crippen LogP contribution in [0.25, 0.3) is 44.0 Å². The number of benzene rings is 3. The van der Waals surface area contributed by atoms with Gasteiger partial charge in [-0.2, -0.15) is 8.42 Å². The van der Waals surface area contributed by atoms with Crippen LogP contribution in [-0.2, 0) is 10.2 Å². The lowest BCUT2D eigenvalue weighted by molar-refractivity contribution is 0.311. The Balaban J connectivity index is 1.71. The van der Waals surface area contributed by atoms with Gasteiger partial charge in [0.25, 0.3) is 0 Å². The molecule has 3 heterocycles. The van der Waals surface area contributed by atoms with Crippen molar-refractivity contribution >= 4 is 43.1 Å². The average Bonchev–Trinajstić information content (AvgIpc) is 3.36. The molecule has 6 rings (SSSR count). The summed E-state index contributed by atoms with van der Waals surface area (Å²) in [7, 11) is -4.91. The Morgan fingerprint density at radius 2 is 1.90 bits per heavy atom. The summed E-state index contributed by atoms with van der Waals surface area (Å²) in [5.74, 6) is 3.11. The van der Waals surface area contributed by atoms with Crippen molar-refractivity contribution in [3.8, 4) is 29.2 Å². The van der Waals surface area contributed by atoms with Gasteiger partial charge in [-0.1, -0.05) is 37.5 Å². The number of rotatable bonds is 7. The second-order valence-corrected chi connectivity index (χ2v) is 11.8. The quantitative estimate of drug-likeness (QED) is 0.141. The molecule has 5 aromatic rings. The lowest BCUT2D eigenvalue weighted by Gasteiger charge is -2.28. The van der Waals surface area contributed by atoms with E-state index in [2.05, 4.69) is 27.7 Å². The summed E-state index contributed by atoms with van der Waals surface area (Å²) in [6.45, 7) is 4.14. The van der Waals surface area contributed by atoms with E-state index in [1.165, 1.54) is 18.2 Å². The van der Waals surface area contributed by atoms with Crippen molar-refractivity contribution < 1.29 is 17.0 Å². The molecule has 0 atom stereocenters. The van der Waals surface area contributed by atoms with E-state index in [9.17, 15) is 17.1 Å². The maximum absolute atomic E-state index is 14.2. The largest absolute Gasteiger partial charge is 0.493 e. The number of ether oxygens (including phenoxy) is 1. The highest BCUT2D eigenvalue weighted by Crippen LogP contribution is 2.39. The first-order valence-corrected chi connectivity index (χ1v) is 15.2. The van der Waals surface area contributed by atoms with Crippen molar-refractivity contribution in [1.29, 1.82) is 0 Å². The molecule has 41 heavy (non-hydrogen) atoms. The van der Waals surface area contributed by atoms with Crippen LogP contribution in [0.15, 0.2) is 64.3 Å². The standard InChI is InChI=1S/C32H30FN3O4S/c1-3-5-15-40-29-19-26-28(18-25(29)21-7-6-8-23(17-21)41(33,38)39)36(22-11-13-34-14-12-22)32-30(31(26)37)24-10-9-20(4-2)16-27(24)35-32/h2,6-10,16-19,22,34-35H,3,5,11-15H2,1H3. The number of aromatic nitrogens is 2. The van der Waals surface area contributed by atoms with Gasteiger partial charge in [0.15, 0.2) is 5.43 Å². The average molecular weight is 572 g/mol. The van der Waals surface area contributed by atoms with Crippen LogP contribution in [0.3, 0.4) is 0 Å². The Kier molecular flexibility index (Phi) is 7.06. The van der Waals surface area contributed by atoms with Crippen molar-refractivity contribution in [2.45, 2.75) is 43.5 Å². The molecule has 0 radical (unpaired) electrons. The first-order valence-electron chi connectivity index (χ1n) is 13.8. The zero-order valence-corrected chi connectivity index (χ0v) is 23.5. The minimum atomic E-state index is -4.91. The van der Waals surface area contributed by atoms with E-state index in [1.54, 1.807) is 12.1 Å². The van der Waals surface area contributed by atoms with Crippen molar-refractivity contribution in [1.82, 2.24) is 14.9 Å². The lowest BCUT2D eigenvalue weighted by Crippen LogP contribution is -2.30. The summed E-state index contributed by atoms with van der Waals surface area (Å²) in [5, 5.41) is 5.30. The molecule has 3 aromatic carbocycles. The minimum absolute atomic E-state index is 0.0966. The third-order valence-electron chi connectivity index (χ3n) is 7.87. The van der Waals surface area contributed by atoms with Gasteiger partial charge in [0.1, 0.15) is 11.4 Å². The molecule has 0 unspecified atom stereocenters. The molecule has 1 aliphatic rings. The molecule has 0 amide bonds. The van der Waals surface area contributed by atoms with E-state index in [-0.39, 0.29) is 11.5 Å². The van der Waals surface area contributed by atoms with E-state index >= 15 is 0 Å². The number of halogens is 1. The van der Waals surface area contributed by atoms with Crippen LogP contribution in [0, 0.1) is 12.3 Å². The van der Waals surface area contributed by atoms with E-state index in [1.807, 2.05) is 24.3 Å². The number of pyridine rings is 1. The summed E-state index contributed by atoms with van der Waals surface area (Å²) in [6.07, 6.45) is 9.09. The van der Waals surface area contributed by atoms with Gasteiger partial charge in [-0.15, -0.1) is 10.3 Å². The van der Waals surface area contributed by atoms with E-state index in [0.717, 1.165) is 49.7 Å². The predicted octanol–water partition coefficient (Wildman–Crippen LogP) is 6.05. The second-order valence-electron chi connectivity index (χ2n) is 10.5. The topological polar surface area (TPSA) is 93.2 Å². The minimum Gasteiger partial charge on any atom is -0.493 e. The van der Waals surface area contributed by atoms with Gasteiger partial charge in [0, 0.05) is 28.1 Å². The smallest absolute Gasteiger partial charge is 0.332 e. The van der Waals surface area contributed by atoms with Gasteiger partial charge in [-0.3, -0.25) is 4.79 Å². The fourth-order valence-electron chi connectivity index (χ4n) is 5.82. The third kappa shape index (κ3) is 4.88. The Morgan fingerprint density at radius 3 is 2.63 bits per heavy atom. The Morgan fingerprint density at radius 1 is 1.10 bits per heavy atom. The molecule has 1 fully saturated rings. The van der Waals surface area contributed by atoms with Gasteiger partial charge in [0.05, 0.1) is 27.8 Å². The molecule has 0 spiro atoms. The highest BCUT2D eigenvalue weighted by Gasteiger charge is 2.25. The number of terminal acetylenes is 1. The zero-order valence-electron chi connectivity index (χ0n) is 22.7. The second kappa shape index (κ2) is 10.7.